The van der Waals surface area contributed by atoms with E-state index in [1.807, 2.05) is 6.07 Å². The lowest BCUT2D eigenvalue weighted by molar-refractivity contribution is -0.134. The molecule has 0 atom stereocenters. The minimum absolute atomic E-state index is 0.144. The predicted molar refractivity (Wildman–Crippen MR) is 122 cm³/mol. The van der Waals surface area contributed by atoms with Gasteiger partial charge < -0.3 is 4.74 Å². The summed E-state index contributed by atoms with van der Waals surface area (Å²) in [4.78, 5) is 24.9. The number of ketones is 1. The fraction of sp³-hybridized carbons (Fsp3) is 0.615. The maximum absolute atomic E-state index is 12.7. The van der Waals surface area contributed by atoms with Crippen LogP contribution in [0.5, 0.6) is 5.75 Å². The third-order valence-electron chi connectivity index (χ3n) is 5.25. The Morgan fingerprint density at radius 2 is 1.48 bits per heavy atom. The lowest BCUT2D eigenvalue weighted by Gasteiger charge is -2.24. The molecular weight excluding hydrogens is 360 g/mol. The second-order valence-corrected chi connectivity index (χ2v) is 8.96. The van der Waals surface area contributed by atoms with E-state index < -0.39 is 0 Å². The van der Waals surface area contributed by atoms with Gasteiger partial charge in [-0.1, -0.05) is 79.7 Å². The molecule has 0 spiro atoms. The zero-order valence-electron chi connectivity index (χ0n) is 19.2. The van der Waals surface area contributed by atoms with Crippen molar-refractivity contribution in [3.63, 3.8) is 0 Å². The van der Waals surface area contributed by atoms with Gasteiger partial charge in [0.1, 0.15) is 5.75 Å². The standard InChI is InChI=1S/C26H40O3/c1-7-9-11-12-14-15-23(27)21-17-18-24(29-25(28)16-13-10-8-2)22(19-21)20(3)26(4,5)6/h17-19H,3,7-16H2,1-2,4-6H3. The van der Waals surface area contributed by atoms with E-state index in [4.69, 9.17) is 4.74 Å². The largest absolute Gasteiger partial charge is 0.426 e. The molecule has 0 saturated heterocycles. The van der Waals surface area contributed by atoms with Gasteiger partial charge in [0, 0.05) is 24.0 Å². The molecule has 3 heteroatoms. The number of hydrogen-bond acceptors (Lipinski definition) is 3. The molecule has 0 aliphatic rings. The quantitative estimate of drug-likeness (QED) is 0.147. The van der Waals surface area contributed by atoms with Gasteiger partial charge in [-0.05, 0) is 42.0 Å². The third kappa shape index (κ3) is 8.97. The Morgan fingerprint density at radius 1 is 0.897 bits per heavy atom. The van der Waals surface area contributed by atoms with E-state index in [2.05, 4.69) is 41.2 Å². The fourth-order valence-electron chi connectivity index (χ4n) is 3.16. The first-order valence-electron chi connectivity index (χ1n) is 11.3. The van der Waals surface area contributed by atoms with Gasteiger partial charge in [0.05, 0.1) is 0 Å². The van der Waals surface area contributed by atoms with Gasteiger partial charge in [-0.15, -0.1) is 0 Å². The molecule has 0 aliphatic heterocycles. The van der Waals surface area contributed by atoms with Crippen LogP contribution in [0.2, 0.25) is 0 Å². The molecule has 0 aliphatic carbocycles. The molecule has 3 nitrogen and oxygen atoms in total. The molecule has 0 unspecified atom stereocenters. The van der Waals surface area contributed by atoms with Crippen LogP contribution in [-0.2, 0) is 4.79 Å². The van der Waals surface area contributed by atoms with Crippen LogP contribution < -0.4 is 4.74 Å². The molecule has 0 fully saturated rings. The van der Waals surface area contributed by atoms with Crippen LogP contribution in [0.4, 0.5) is 0 Å². The van der Waals surface area contributed by atoms with E-state index in [1.54, 1.807) is 12.1 Å². The highest BCUT2D eigenvalue weighted by atomic mass is 16.5. The molecule has 0 radical (unpaired) electrons. The Kier molecular flexibility index (Phi) is 10.9. The fourth-order valence-corrected chi connectivity index (χ4v) is 3.16. The van der Waals surface area contributed by atoms with E-state index in [0.717, 1.165) is 43.2 Å². The summed E-state index contributed by atoms with van der Waals surface area (Å²) in [6.45, 7) is 14.7. The number of carbonyl (C=O) groups excluding carboxylic acids is 2. The number of esters is 1. The number of carbonyl (C=O) groups is 2. The van der Waals surface area contributed by atoms with Gasteiger partial charge in [0.15, 0.2) is 5.78 Å². The highest BCUT2D eigenvalue weighted by Gasteiger charge is 2.22. The van der Waals surface area contributed by atoms with E-state index >= 15 is 0 Å². The summed E-state index contributed by atoms with van der Waals surface area (Å²) in [5.74, 6) is 0.424. The minimum atomic E-state index is -0.226. The summed E-state index contributed by atoms with van der Waals surface area (Å²) in [6.07, 6.45) is 9.50. The van der Waals surface area contributed by atoms with Crippen LogP contribution in [0.3, 0.4) is 0 Å². The van der Waals surface area contributed by atoms with Crippen molar-refractivity contribution in [3.05, 3.63) is 35.9 Å². The van der Waals surface area contributed by atoms with Gasteiger partial charge in [0.25, 0.3) is 0 Å². The Balaban J connectivity index is 2.95. The summed E-state index contributed by atoms with van der Waals surface area (Å²) < 4.78 is 5.66. The molecule has 0 saturated carbocycles. The number of Topliss-reactive ketones (excluding diaryl/α,β-unsaturated/α-hetero) is 1. The number of hydrogen-bond donors (Lipinski definition) is 0. The summed E-state index contributed by atoms with van der Waals surface area (Å²) in [5, 5.41) is 0. The SMILES string of the molecule is C=C(c1cc(C(=O)CCCCCCC)ccc1OC(=O)CCCCC)C(C)(C)C. The van der Waals surface area contributed by atoms with Gasteiger partial charge in [0.2, 0.25) is 0 Å². The van der Waals surface area contributed by atoms with Crippen LogP contribution in [0.15, 0.2) is 24.8 Å². The molecule has 162 valence electrons. The molecule has 0 bridgehead atoms. The highest BCUT2D eigenvalue weighted by Crippen LogP contribution is 2.38. The van der Waals surface area contributed by atoms with E-state index in [-0.39, 0.29) is 17.2 Å². The van der Waals surface area contributed by atoms with Gasteiger partial charge >= 0.3 is 5.97 Å². The number of ether oxygens (including phenoxy) is 1. The maximum atomic E-state index is 12.7. The monoisotopic (exact) mass is 400 g/mol. The molecule has 0 amide bonds. The second kappa shape index (κ2) is 12.6. The molecule has 0 heterocycles. The topological polar surface area (TPSA) is 43.4 Å². The predicted octanol–water partition coefficient (Wildman–Crippen LogP) is 7.77. The maximum Gasteiger partial charge on any atom is 0.311 e. The normalized spacial score (nSPS) is 11.3. The Bertz CT molecular complexity index is 680. The Morgan fingerprint density at radius 3 is 2.10 bits per heavy atom. The van der Waals surface area contributed by atoms with E-state index in [0.29, 0.717) is 24.2 Å². The van der Waals surface area contributed by atoms with Crippen LogP contribution in [0, 0.1) is 5.41 Å². The lowest BCUT2D eigenvalue weighted by atomic mass is 9.82. The first-order valence-corrected chi connectivity index (χ1v) is 11.3. The highest BCUT2D eigenvalue weighted by molar-refractivity contribution is 5.97. The van der Waals surface area contributed by atoms with Crippen molar-refractivity contribution in [1.29, 1.82) is 0 Å². The van der Waals surface area contributed by atoms with E-state index in [9.17, 15) is 9.59 Å². The van der Waals surface area contributed by atoms with Crippen LogP contribution >= 0.6 is 0 Å². The molecule has 0 N–H and O–H groups in total. The first-order chi connectivity index (χ1) is 13.7. The van der Waals surface area contributed by atoms with Crippen molar-refractivity contribution in [3.8, 4) is 5.75 Å². The van der Waals surface area contributed by atoms with Crippen molar-refractivity contribution in [2.24, 2.45) is 5.41 Å². The van der Waals surface area contributed by atoms with Gasteiger partial charge in [-0.3, -0.25) is 9.59 Å². The average molecular weight is 401 g/mol. The van der Waals surface area contributed by atoms with Gasteiger partial charge in [-0.25, -0.2) is 0 Å². The third-order valence-corrected chi connectivity index (χ3v) is 5.25. The van der Waals surface area contributed by atoms with Crippen molar-refractivity contribution in [2.45, 2.75) is 98.8 Å². The molecular formula is C26H40O3. The minimum Gasteiger partial charge on any atom is -0.426 e. The second-order valence-electron chi connectivity index (χ2n) is 8.96. The summed E-state index contributed by atoms with van der Waals surface area (Å²) in [5.41, 5.74) is 2.11. The van der Waals surface area contributed by atoms with Crippen molar-refractivity contribution in [2.75, 3.05) is 0 Å². The summed E-state index contributed by atoms with van der Waals surface area (Å²) in [6, 6.07) is 5.40. The average Bonchev–Trinajstić information content (AvgIpc) is 2.67. The number of allylic oxidation sites excluding steroid dienone is 1. The molecule has 29 heavy (non-hydrogen) atoms. The van der Waals surface area contributed by atoms with Crippen molar-refractivity contribution < 1.29 is 14.3 Å². The molecule has 1 aromatic rings. The van der Waals surface area contributed by atoms with E-state index in [1.165, 1.54) is 19.3 Å². The summed E-state index contributed by atoms with van der Waals surface area (Å²) in [7, 11) is 0. The summed E-state index contributed by atoms with van der Waals surface area (Å²) >= 11 is 0. The van der Waals surface area contributed by atoms with Crippen LogP contribution in [-0.4, -0.2) is 11.8 Å². The Hall–Kier alpha value is -1.90. The van der Waals surface area contributed by atoms with Crippen molar-refractivity contribution >= 4 is 17.3 Å². The molecule has 1 rings (SSSR count). The first kappa shape index (κ1) is 25.1. The van der Waals surface area contributed by atoms with Crippen LogP contribution in [0.1, 0.15) is 115 Å². The van der Waals surface area contributed by atoms with Gasteiger partial charge in [-0.2, -0.15) is 0 Å². The smallest absolute Gasteiger partial charge is 0.311 e. The molecule has 1 aromatic carbocycles. The zero-order chi connectivity index (χ0) is 21.9. The number of benzene rings is 1. The Labute approximate surface area is 177 Å². The number of unbranched alkanes of at least 4 members (excludes halogenated alkanes) is 6. The number of rotatable bonds is 13. The van der Waals surface area contributed by atoms with Crippen molar-refractivity contribution in [1.82, 2.24) is 0 Å². The molecule has 0 aromatic heterocycles. The lowest BCUT2D eigenvalue weighted by Crippen LogP contribution is -2.13. The zero-order valence-corrected chi connectivity index (χ0v) is 19.2. The van der Waals surface area contributed by atoms with Crippen LogP contribution in [0.25, 0.3) is 5.57 Å².